The Bertz CT molecular complexity index is 1010. The zero-order valence-electron chi connectivity index (χ0n) is 16.6. The number of benzene rings is 1. The van der Waals surface area contributed by atoms with E-state index in [1.165, 1.54) is 11.3 Å². The number of aryl methyl sites for hydroxylation is 1. The lowest BCUT2D eigenvalue weighted by Gasteiger charge is -2.25. The molecule has 1 aromatic heterocycles. The second kappa shape index (κ2) is 8.65. The van der Waals surface area contributed by atoms with Crippen molar-refractivity contribution in [2.24, 2.45) is 0 Å². The van der Waals surface area contributed by atoms with E-state index in [4.69, 9.17) is 11.6 Å². The first-order valence-corrected chi connectivity index (χ1v) is 11.2. The average molecular weight is 447 g/mol. The number of hydrogen-bond donors (Lipinski definition) is 3. The Balaban J connectivity index is 1.39. The van der Waals surface area contributed by atoms with Gasteiger partial charge < -0.3 is 20.9 Å². The maximum atomic E-state index is 12.8. The first kappa shape index (κ1) is 20.7. The minimum Gasteiger partial charge on any atom is -0.354 e. The van der Waals surface area contributed by atoms with Gasteiger partial charge in [0, 0.05) is 34.1 Å². The number of hydrogen-bond acceptors (Lipinski definition) is 4. The van der Waals surface area contributed by atoms with Crippen molar-refractivity contribution in [3.8, 4) is 0 Å². The highest BCUT2D eigenvalue weighted by molar-refractivity contribution is 7.10. The first-order valence-electron chi connectivity index (χ1n) is 9.93. The summed E-state index contributed by atoms with van der Waals surface area (Å²) < 4.78 is 0. The Morgan fingerprint density at radius 3 is 2.97 bits per heavy atom. The lowest BCUT2D eigenvalue weighted by molar-refractivity contribution is -0.125. The molecule has 7 nitrogen and oxygen atoms in total. The smallest absolute Gasteiger partial charge is 0.319 e. The highest BCUT2D eigenvalue weighted by atomic mass is 35.5. The molecule has 158 valence electrons. The normalized spacial score (nSPS) is 18.6. The summed E-state index contributed by atoms with van der Waals surface area (Å²) in [4.78, 5) is 40.1. The fourth-order valence-corrected chi connectivity index (χ4v) is 4.96. The van der Waals surface area contributed by atoms with Crippen molar-refractivity contribution >= 4 is 46.5 Å². The van der Waals surface area contributed by atoms with Gasteiger partial charge in [-0.1, -0.05) is 17.7 Å². The van der Waals surface area contributed by atoms with E-state index in [1.54, 1.807) is 17.0 Å². The molecule has 3 N–H and O–H groups in total. The van der Waals surface area contributed by atoms with E-state index in [-0.39, 0.29) is 17.8 Å². The van der Waals surface area contributed by atoms with Crippen LogP contribution >= 0.6 is 22.9 Å². The fraction of sp³-hybridized carbons (Fsp3) is 0.381. The van der Waals surface area contributed by atoms with Gasteiger partial charge in [-0.05, 0) is 49.4 Å². The predicted octanol–water partition coefficient (Wildman–Crippen LogP) is 3.66. The average Bonchev–Trinajstić information content (AvgIpc) is 3.18. The number of nitrogens with zero attached hydrogens (tertiary/aromatic N) is 1. The van der Waals surface area contributed by atoms with E-state index >= 15 is 0 Å². The molecule has 3 heterocycles. The quantitative estimate of drug-likeness (QED) is 0.669. The van der Waals surface area contributed by atoms with E-state index in [1.807, 2.05) is 18.4 Å². The minimum absolute atomic E-state index is 0.0783. The third-order valence-electron chi connectivity index (χ3n) is 5.52. The zero-order valence-corrected chi connectivity index (χ0v) is 18.2. The summed E-state index contributed by atoms with van der Waals surface area (Å²) in [5, 5.41) is 10.9. The number of anilines is 1. The second-order valence-corrected chi connectivity index (χ2v) is 8.93. The number of fused-ring (bicyclic) bond motifs is 1. The van der Waals surface area contributed by atoms with Crippen LogP contribution in [-0.4, -0.2) is 35.3 Å². The summed E-state index contributed by atoms with van der Waals surface area (Å²) in [5.41, 5.74) is 3.09. The van der Waals surface area contributed by atoms with Crippen LogP contribution in [0.15, 0.2) is 23.6 Å². The van der Waals surface area contributed by atoms with Gasteiger partial charge >= 0.3 is 6.03 Å². The van der Waals surface area contributed by atoms with Crippen LogP contribution < -0.4 is 16.0 Å². The van der Waals surface area contributed by atoms with Crippen molar-refractivity contribution < 1.29 is 14.4 Å². The van der Waals surface area contributed by atoms with E-state index in [0.717, 1.165) is 28.8 Å². The molecule has 4 amide bonds. The highest BCUT2D eigenvalue weighted by Gasteiger charge is 2.38. The van der Waals surface area contributed by atoms with E-state index in [2.05, 4.69) is 16.0 Å². The van der Waals surface area contributed by atoms with Crippen molar-refractivity contribution in [3.63, 3.8) is 0 Å². The third kappa shape index (κ3) is 4.15. The molecule has 1 aromatic carbocycles. The number of thiophene rings is 1. The summed E-state index contributed by atoms with van der Waals surface area (Å²) in [6, 6.07) is 4.56. The molecule has 0 bridgehead atoms. The van der Waals surface area contributed by atoms with Crippen LogP contribution in [0.3, 0.4) is 0 Å². The number of amides is 4. The molecule has 9 heteroatoms. The maximum Gasteiger partial charge on any atom is 0.319 e. The highest BCUT2D eigenvalue weighted by Crippen LogP contribution is 2.33. The van der Waals surface area contributed by atoms with Gasteiger partial charge in [0.05, 0.1) is 12.1 Å². The molecule has 0 saturated carbocycles. The molecule has 1 fully saturated rings. The molecule has 2 aliphatic heterocycles. The van der Waals surface area contributed by atoms with Crippen LogP contribution in [0, 0.1) is 6.92 Å². The van der Waals surface area contributed by atoms with Gasteiger partial charge in [-0.3, -0.25) is 9.59 Å². The van der Waals surface area contributed by atoms with Crippen LogP contribution in [0.25, 0.3) is 0 Å². The van der Waals surface area contributed by atoms with Gasteiger partial charge in [0.15, 0.2) is 0 Å². The molecule has 1 atom stereocenters. The van der Waals surface area contributed by atoms with Gasteiger partial charge in [-0.25, -0.2) is 4.79 Å². The van der Waals surface area contributed by atoms with Gasteiger partial charge in [0.1, 0.15) is 6.04 Å². The van der Waals surface area contributed by atoms with Crippen LogP contribution in [-0.2, 0) is 17.9 Å². The third-order valence-corrected chi connectivity index (χ3v) is 6.96. The summed E-state index contributed by atoms with van der Waals surface area (Å²) >= 11 is 7.55. The van der Waals surface area contributed by atoms with Crippen molar-refractivity contribution in [2.75, 3.05) is 11.9 Å². The summed E-state index contributed by atoms with van der Waals surface area (Å²) in [7, 11) is 0. The Morgan fingerprint density at radius 2 is 2.17 bits per heavy atom. The van der Waals surface area contributed by atoms with Gasteiger partial charge in [0.25, 0.3) is 5.91 Å². The fourth-order valence-electron chi connectivity index (χ4n) is 3.80. The number of nitrogens with one attached hydrogen (secondary N) is 3. The zero-order chi connectivity index (χ0) is 21.3. The Hall–Kier alpha value is -2.58. The van der Waals surface area contributed by atoms with Crippen LogP contribution in [0.2, 0.25) is 5.02 Å². The minimum atomic E-state index is -0.423. The molecule has 0 spiro atoms. The van der Waals surface area contributed by atoms with Crippen LogP contribution in [0.4, 0.5) is 10.5 Å². The lowest BCUT2D eigenvalue weighted by Crippen LogP contribution is -2.45. The van der Waals surface area contributed by atoms with Gasteiger partial charge in [-0.2, -0.15) is 0 Å². The molecule has 2 aromatic rings. The molecular formula is C21H23ClN4O3S. The van der Waals surface area contributed by atoms with Gasteiger partial charge in [-0.15, -0.1) is 11.3 Å². The van der Waals surface area contributed by atoms with Crippen molar-refractivity contribution in [3.05, 3.63) is 50.2 Å². The predicted molar refractivity (Wildman–Crippen MR) is 117 cm³/mol. The van der Waals surface area contributed by atoms with Crippen molar-refractivity contribution in [1.29, 1.82) is 0 Å². The molecular weight excluding hydrogens is 424 g/mol. The van der Waals surface area contributed by atoms with Crippen LogP contribution in [0.1, 0.15) is 45.6 Å². The van der Waals surface area contributed by atoms with E-state index in [9.17, 15) is 14.4 Å². The topological polar surface area (TPSA) is 90.5 Å². The van der Waals surface area contributed by atoms with E-state index in [0.29, 0.717) is 42.3 Å². The van der Waals surface area contributed by atoms with E-state index < -0.39 is 6.04 Å². The number of urea groups is 1. The second-order valence-electron chi connectivity index (χ2n) is 7.56. The molecule has 30 heavy (non-hydrogen) atoms. The summed E-state index contributed by atoms with van der Waals surface area (Å²) in [6.07, 6.45) is 2.53. The number of carbonyl (C=O) groups excluding carboxylic acids is 3. The molecule has 0 aliphatic carbocycles. The standard InChI is InChI=1S/C21H23ClN4O3S/c1-12-5-6-13(8-16(12)22)25-21(29)24-9-18-14-10-26(20(28)15(14)11-30-18)17-4-2-3-7-23-19(17)27/h5-6,8,11,17H,2-4,7,9-10H2,1H3,(H,23,27)(H2,24,25,29)/t17-/m0/s1. The van der Waals surface area contributed by atoms with Gasteiger partial charge in [0.2, 0.25) is 5.91 Å². The summed E-state index contributed by atoms with van der Waals surface area (Å²) in [6.45, 7) is 3.27. The SMILES string of the molecule is Cc1ccc(NC(=O)NCc2scc3c2CN([C@H]2CCCCNC2=O)C3=O)cc1Cl. The van der Waals surface area contributed by atoms with Crippen LogP contribution in [0.5, 0.6) is 0 Å². The van der Waals surface area contributed by atoms with Crippen molar-refractivity contribution in [2.45, 2.75) is 45.3 Å². The Kier molecular flexibility index (Phi) is 5.97. The molecule has 2 aliphatic rings. The number of carbonyl (C=O) groups is 3. The summed E-state index contributed by atoms with van der Waals surface area (Å²) in [5.74, 6) is -0.182. The maximum absolute atomic E-state index is 12.8. The number of rotatable bonds is 4. The Morgan fingerprint density at radius 1 is 1.33 bits per heavy atom. The lowest BCUT2D eigenvalue weighted by atomic mass is 10.1. The number of halogens is 1. The molecule has 1 saturated heterocycles. The first-order chi connectivity index (χ1) is 14.4. The molecule has 0 radical (unpaired) electrons. The molecule has 4 rings (SSSR count). The monoisotopic (exact) mass is 446 g/mol. The largest absolute Gasteiger partial charge is 0.354 e. The molecule has 0 unspecified atom stereocenters. The Labute approximate surface area is 183 Å². The van der Waals surface area contributed by atoms with Crippen molar-refractivity contribution in [1.82, 2.24) is 15.5 Å².